The number of carbonyl (C=O) groups excluding carboxylic acids is 1. The molecule has 1 aromatic carbocycles. The average molecular weight is 249 g/mol. The van der Waals surface area contributed by atoms with Crippen molar-refractivity contribution in [3.63, 3.8) is 0 Å². The van der Waals surface area contributed by atoms with E-state index < -0.39 is 0 Å². The molecule has 1 N–H and O–H groups in total. The maximum absolute atomic E-state index is 13.3. The van der Waals surface area contributed by atoms with Crippen LogP contribution in [0.1, 0.15) is 42.9 Å². The zero-order valence-electron chi connectivity index (χ0n) is 11.0. The zero-order chi connectivity index (χ0) is 13.1. The third-order valence-corrected chi connectivity index (χ3v) is 3.91. The minimum absolute atomic E-state index is 0.160. The molecule has 1 aliphatic rings. The van der Waals surface area contributed by atoms with Gasteiger partial charge < -0.3 is 5.32 Å². The predicted octanol–water partition coefficient (Wildman–Crippen LogP) is 3.15. The van der Waals surface area contributed by atoms with Gasteiger partial charge in [-0.25, -0.2) is 4.39 Å². The minimum atomic E-state index is -0.160. The summed E-state index contributed by atoms with van der Waals surface area (Å²) in [5, 5.41) is 3.32. The second-order valence-electron chi connectivity index (χ2n) is 5.15. The van der Waals surface area contributed by atoms with E-state index in [1.807, 2.05) is 19.2 Å². The van der Waals surface area contributed by atoms with Gasteiger partial charge in [-0.1, -0.05) is 12.1 Å². The van der Waals surface area contributed by atoms with Crippen LogP contribution in [0.4, 0.5) is 4.39 Å². The molecule has 0 aromatic heterocycles. The van der Waals surface area contributed by atoms with Crippen LogP contribution in [0.5, 0.6) is 0 Å². The molecule has 2 nitrogen and oxygen atoms in total. The molecular formula is C15H20FNO. The third-order valence-electron chi connectivity index (χ3n) is 3.91. The van der Waals surface area contributed by atoms with E-state index in [0.717, 1.165) is 18.4 Å². The van der Waals surface area contributed by atoms with Gasteiger partial charge in [-0.3, -0.25) is 4.79 Å². The fraction of sp³-hybridized carbons (Fsp3) is 0.533. The van der Waals surface area contributed by atoms with Crippen molar-refractivity contribution in [3.05, 3.63) is 35.1 Å². The van der Waals surface area contributed by atoms with Crippen LogP contribution in [0, 0.1) is 18.7 Å². The summed E-state index contributed by atoms with van der Waals surface area (Å²) >= 11 is 0. The largest absolute Gasteiger partial charge is 0.313 e. The lowest BCUT2D eigenvalue weighted by atomic mass is 9.80. The van der Waals surface area contributed by atoms with Crippen LogP contribution in [0.25, 0.3) is 0 Å². The summed E-state index contributed by atoms with van der Waals surface area (Å²) in [6.07, 6.45) is 3.23. The van der Waals surface area contributed by atoms with E-state index in [0.29, 0.717) is 30.1 Å². The molecule has 0 heterocycles. The van der Waals surface area contributed by atoms with E-state index in [1.54, 1.807) is 6.92 Å². The summed E-state index contributed by atoms with van der Waals surface area (Å²) in [6.45, 7) is 1.79. The summed E-state index contributed by atoms with van der Waals surface area (Å²) in [5.41, 5.74) is 1.80. The van der Waals surface area contributed by atoms with Gasteiger partial charge in [0.05, 0.1) is 0 Å². The number of aryl methyl sites for hydroxylation is 1. The van der Waals surface area contributed by atoms with Crippen LogP contribution in [-0.2, 0) is 4.79 Å². The summed E-state index contributed by atoms with van der Waals surface area (Å²) in [6, 6.07) is 5.51. The van der Waals surface area contributed by atoms with Gasteiger partial charge in [0.1, 0.15) is 11.6 Å². The minimum Gasteiger partial charge on any atom is -0.313 e. The number of nitrogens with one attached hydrogen (secondary N) is 1. The van der Waals surface area contributed by atoms with Crippen molar-refractivity contribution in [1.29, 1.82) is 0 Å². The maximum atomic E-state index is 13.3. The fourth-order valence-electron chi connectivity index (χ4n) is 2.83. The molecule has 18 heavy (non-hydrogen) atoms. The van der Waals surface area contributed by atoms with Crippen molar-refractivity contribution < 1.29 is 9.18 Å². The molecule has 3 heteroatoms. The van der Waals surface area contributed by atoms with Gasteiger partial charge in [-0.15, -0.1) is 0 Å². The highest BCUT2D eigenvalue weighted by molar-refractivity contribution is 5.79. The fourth-order valence-corrected chi connectivity index (χ4v) is 2.83. The molecule has 0 aliphatic heterocycles. The highest BCUT2D eigenvalue weighted by Crippen LogP contribution is 2.33. The number of Topliss-reactive ketones (excluding diaryl/α,β-unsaturated/α-hetero) is 1. The van der Waals surface area contributed by atoms with Gasteiger partial charge in [0.2, 0.25) is 0 Å². The van der Waals surface area contributed by atoms with Crippen molar-refractivity contribution >= 4 is 5.78 Å². The zero-order valence-corrected chi connectivity index (χ0v) is 11.0. The Bertz CT molecular complexity index is 434. The Balaban J connectivity index is 2.17. The number of halogens is 1. The molecule has 1 saturated carbocycles. The van der Waals surface area contributed by atoms with Crippen LogP contribution < -0.4 is 5.32 Å². The van der Waals surface area contributed by atoms with Crippen molar-refractivity contribution in [2.24, 2.45) is 5.92 Å². The quantitative estimate of drug-likeness (QED) is 0.891. The van der Waals surface area contributed by atoms with Crippen LogP contribution in [0.2, 0.25) is 0 Å². The molecule has 0 saturated heterocycles. The van der Waals surface area contributed by atoms with Gasteiger partial charge in [-0.05, 0) is 49.9 Å². The van der Waals surface area contributed by atoms with Gasteiger partial charge in [-0.2, -0.15) is 0 Å². The lowest BCUT2D eigenvalue weighted by molar-refractivity contribution is -0.121. The molecule has 2 rings (SSSR count). The molecule has 0 radical (unpaired) electrons. The molecule has 98 valence electrons. The maximum Gasteiger partial charge on any atom is 0.132 e. The number of carbonyl (C=O) groups is 1. The summed E-state index contributed by atoms with van der Waals surface area (Å²) < 4.78 is 13.3. The second kappa shape index (κ2) is 5.61. The molecule has 1 aromatic rings. The van der Waals surface area contributed by atoms with E-state index in [2.05, 4.69) is 5.32 Å². The first kappa shape index (κ1) is 13.2. The molecular weight excluding hydrogens is 229 g/mol. The number of hydrogen-bond acceptors (Lipinski definition) is 2. The first-order valence-electron chi connectivity index (χ1n) is 6.57. The molecule has 0 spiro atoms. The van der Waals surface area contributed by atoms with E-state index in [4.69, 9.17) is 0 Å². The van der Waals surface area contributed by atoms with Crippen LogP contribution >= 0.6 is 0 Å². The predicted molar refractivity (Wildman–Crippen MR) is 69.9 cm³/mol. The van der Waals surface area contributed by atoms with Crippen LogP contribution in [0.3, 0.4) is 0 Å². The molecule has 0 bridgehead atoms. The summed E-state index contributed by atoms with van der Waals surface area (Å²) in [7, 11) is 1.93. The Morgan fingerprint density at radius 2 is 2.00 bits per heavy atom. The van der Waals surface area contributed by atoms with Crippen molar-refractivity contribution in [2.75, 3.05) is 7.05 Å². The Labute approximate surface area is 108 Å². The number of ketones is 1. The van der Waals surface area contributed by atoms with Gasteiger partial charge in [0.25, 0.3) is 0 Å². The van der Waals surface area contributed by atoms with E-state index in [9.17, 15) is 9.18 Å². The van der Waals surface area contributed by atoms with Gasteiger partial charge in [0.15, 0.2) is 0 Å². The molecule has 1 atom stereocenters. The number of hydrogen-bond donors (Lipinski definition) is 1. The smallest absolute Gasteiger partial charge is 0.132 e. The first-order chi connectivity index (χ1) is 8.61. The monoisotopic (exact) mass is 249 g/mol. The topological polar surface area (TPSA) is 29.1 Å². The molecule has 0 amide bonds. The van der Waals surface area contributed by atoms with E-state index >= 15 is 0 Å². The lowest BCUT2D eigenvalue weighted by Gasteiger charge is -2.30. The van der Waals surface area contributed by atoms with Crippen molar-refractivity contribution in [2.45, 2.75) is 38.6 Å². The molecule has 1 fully saturated rings. The first-order valence-corrected chi connectivity index (χ1v) is 6.57. The molecule has 1 unspecified atom stereocenters. The summed E-state index contributed by atoms with van der Waals surface area (Å²) in [5.74, 6) is 0.682. The van der Waals surface area contributed by atoms with Gasteiger partial charge in [0, 0.05) is 18.9 Å². The van der Waals surface area contributed by atoms with Crippen molar-refractivity contribution in [1.82, 2.24) is 5.32 Å². The van der Waals surface area contributed by atoms with Gasteiger partial charge >= 0.3 is 0 Å². The Morgan fingerprint density at radius 1 is 1.33 bits per heavy atom. The summed E-state index contributed by atoms with van der Waals surface area (Å²) in [4.78, 5) is 11.3. The second-order valence-corrected chi connectivity index (χ2v) is 5.15. The van der Waals surface area contributed by atoms with Crippen molar-refractivity contribution in [3.8, 4) is 0 Å². The number of benzene rings is 1. The Hall–Kier alpha value is -1.22. The Kier molecular flexibility index (Phi) is 4.12. The average Bonchev–Trinajstić information content (AvgIpc) is 2.37. The van der Waals surface area contributed by atoms with Crippen LogP contribution in [0.15, 0.2) is 18.2 Å². The normalized spacial score (nSPS) is 18.9. The lowest BCUT2D eigenvalue weighted by Crippen LogP contribution is -2.28. The Morgan fingerprint density at radius 3 is 2.56 bits per heavy atom. The third kappa shape index (κ3) is 2.78. The van der Waals surface area contributed by atoms with E-state index in [-0.39, 0.29) is 11.9 Å². The van der Waals surface area contributed by atoms with E-state index in [1.165, 1.54) is 6.07 Å². The highest BCUT2D eigenvalue weighted by Gasteiger charge is 2.26. The highest BCUT2D eigenvalue weighted by atomic mass is 19.1. The SMILES string of the molecule is CNC(c1ccc(F)c(C)c1)C1CCC(=O)CC1. The van der Waals surface area contributed by atoms with Crippen LogP contribution in [-0.4, -0.2) is 12.8 Å². The standard InChI is InChI=1S/C15H20FNO/c1-10-9-12(5-8-14(10)16)15(17-2)11-3-6-13(18)7-4-11/h5,8-9,11,15,17H,3-4,6-7H2,1-2H3. The number of rotatable bonds is 3. The molecule has 1 aliphatic carbocycles.